The Kier molecular flexibility index (Phi) is 7.61. The van der Waals surface area contributed by atoms with Gasteiger partial charge in [0.1, 0.15) is 11.5 Å². The summed E-state index contributed by atoms with van der Waals surface area (Å²) in [7, 11) is 1.52. The summed E-state index contributed by atoms with van der Waals surface area (Å²) in [5.41, 5.74) is -0.108. The topological polar surface area (TPSA) is 82.0 Å². The molecule has 3 N–H and O–H groups in total. The van der Waals surface area contributed by atoms with Gasteiger partial charge < -0.3 is 25.2 Å². The summed E-state index contributed by atoms with van der Waals surface area (Å²) in [5, 5.41) is 24.7. The number of nitrogens with zero attached hydrogens (tertiary/aromatic N) is 1. The van der Waals surface area contributed by atoms with E-state index in [1.165, 1.54) is 19.2 Å². The fourth-order valence-corrected chi connectivity index (χ4v) is 4.61. The molecule has 1 heterocycles. The SMILES string of the molecule is CNC(=O)c1cc(Cl)c(O)cc1OCCCN1CCC(O)(c2ccc(Cl)cc2)C(C)(C)C1. The summed E-state index contributed by atoms with van der Waals surface area (Å²) >= 11 is 11.9. The van der Waals surface area contributed by atoms with E-state index in [0.717, 1.165) is 31.6 Å². The van der Waals surface area contributed by atoms with Crippen molar-refractivity contribution in [2.24, 2.45) is 5.41 Å². The Bertz CT molecular complexity index is 965. The van der Waals surface area contributed by atoms with Crippen molar-refractivity contribution in [2.45, 2.75) is 32.3 Å². The second-order valence-corrected chi connectivity index (χ2v) is 9.70. The van der Waals surface area contributed by atoms with Crippen LogP contribution in [-0.4, -0.2) is 54.3 Å². The van der Waals surface area contributed by atoms with Crippen LogP contribution in [0.25, 0.3) is 0 Å². The van der Waals surface area contributed by atoms with Crippen LogP contribution in [0, 0.1) is 5.41 Å². The van der Waals surface area contributed by atoms with Crippen LogP contribution >= 0.6 is 23.2 Å². The minimum absolute atomic E-state index is 0.0969. The van der Waals surface area contributed by atoms with E-state index in [2.05, 4.69) is 24.1 Å². The van der Waals surface area contributed by atoms with E-state index in [1.807, 2.05) is 24.3 Å². The average molecular weight is 481 g/mol. The molecule has 0 aliphatic carbocycles. The van der Waals surface area contributed by atoms with Gasteiger partial charge >= 0.3 is 0 Å². The van der Waals surface area contributed by atoms with Crippen molar-refractivity contribution in [1.29, 1.82) is 0 Å². The van der Waals surface area contributed by atoms with Gasteiger partial charge in [0.05, 0.1) is 22.8 Å². The maximum Gasteiger partial charge on any atom is 0.254 e. The van der Waals surface area contributed by atoms with Crippen molar-refractivity contribution < 1.29 is 19.7 Å². The number of aromatic hydroxyl groups is 1. The third kappa shape index (κ3) is 5.15. The molecule has 0 bridgehead atoms. The van der Waals surface area contributed by atoms with Gasteiger partial charge in [-0.25, -0.2) is 0 Å². The molecular formula is C24H30Cl2N2O4. The van der Waals surface area contributed by atoms with Gasteiger partial charge in [-0.3, -0.25) is 4.79 Å². The largest absolute Gasteiger partial charge is 0.506 e. The molecule has 0 saturated carbocycles. The molecule has 1 amide bonds. The van der Waals surface area contributed by atoms with Crippen LogP contribution < -0.4 is 10.1 Å². The Morgan fingerprint density at radius 2 is 1.91 bits per heavy atom. The number of hydrogen-bond donors (Lipinski definition) is 3. The van der Waals surface area contributed by atoms with E-state index < -0.39 is 5.60 Å². The average Bonchev–Trinajstić information content (AvgIpc) is 2.75. The fourth-order valence-electron chi connectivity index (χ4n) is 4.32. The second kappa shape index (κ2) is 9.87. The summed E-state index contributed by atoms with van der Waals surface area (Å²) in [6, 6.07) is 10.2. The highest BCUT2D eigenvalue weighted by Crippen LogP contribution is 2.46. The molecule has 1 unspecified atom stereocenters. The van der Waals surface area contributed by atoms with E-state index in [-0.39, 0.29) is 27.7 Å². The fraction of sp³-hybridized carbons (Fsp3) is 0.458. The number of ether oxygens (including phenoxy) is 1. The third-order valence-corrected chi connectivity index (χ3v) is 6.80. The predicted molar refractivity (Wildman–Crippen MR) is 127 cm³/mol. The van der Waals surface area contributed by atoms with Gasteiger partial charge in [0.2, 0.25) is 0 Å². The monoisotopic (exact) mass is 480 g/mol. The van der Waals surface area contributed by atoms with Crippen LogP contribution in [0.3, 0.4) is 0 Å². The number of rotatable bonds is 7. The van der Waals surface area contributed by atoms with Gasteiger partial charge in [-0.1, -0.05) is 49.2 Å². The summed E-state index contributed by atoms with van der Waals surface area (Å²) in [6.07, 6.45) is 1.35. The van der Waals surface area contributed by atoms with Crippen molar-refractivity contribution in [2.75, 3.05) is 33.3 Å². The van der Waals surface area contributed by atoms with E-state index >= 15 is 0 Å². The number of amides is 1. The number of phenols is 1. The molecule has 1 aliphatic rings. The second-order valence-electron chi connectivity index (χ2n) is 8.86. The van der Waals surface area contributed by atoms with Crippen LogP contribution in [0.1, 0.15) is 42.6 Å². The smallest absolute Gasteiger partial charge is 0.254 e. The lowest BCUT2D eigenvalue weighted by molar-refractivity contribution is -0.125. The van der Waals surface area contributed by atoms with Crippen molar-refractivity contribution in [3.05, 3.63) is 57.6 Å². The van der Waals surface area contributed by atoms with Crippen LogP contribution in [-0.2, 0) is 5.60 Å². The van der Waals surface area contributed by atoms with E-state index in [0.29, 0.717) is 23.8 Å². The van der Waals surface area contributed by atoms with Crippen LogP contribution in [0.4, 0.5) is 0 Å². The van der Waals surface area contributed by atoms with Gasteiger partial charge in [0.15, 0.2) is 0 Å². The summed E-state index contributed by atoms with van der Waals surface area (Å²) in [5.74, 6) is -0.169. The molecule has 2 aromatic carbocycles. The van der Waals surface area contributed by atoms with Crippen molar-refractivity contribution >= 4 is 29.1 Å². The first-order chi connectivity index (χ1) is 15.1. The number of piperidine rings is 1. The third-order valence-electron chi connectivity index (χ3n) is 6.25. The number of aliphatic hydroxyl groups is 1. The quantitative estimate of drug-likeness (QED) is 0.510. The number of hydrogen-bond acceptors (Lipinski definition) is 5. The van der Waals surface area contributed by atoms with Gasteiger partial charge in [-0.05, 0) is 36.6 Å². The lowest BCUT2D eigenvalue weighted by Crippen LogP contribution is -2.55. The molecule has 0 radical (unpaired) electrons. The van der Waals surface area contributed by atoms with E-state index in [9.17, 15) is 15.0 Å². The molecule has 0 aromatic heterocycles. The highest BCUT2D eigenvalue weighted by molar-refractivity contribution is 6.32. The molecule has 1 aliphatic heterocycles. The summed E-state index contributed by atoms with van der Waals surface area (Å²) in [6.45, 7) is 6.82. The number of carbonyl (C=O) groups excluding carboxylic acids is 1. The van der Waals surface area contributed by atoms with Crippen LogP contribution in [0.2, 0.25) is 10.0 Å². The lowest BCUT2D eigenvalue weighted by atomic mass is 9.66. The Balaban J connectivity index is 1.58. The van der Waals surface area contributed by atoms with Gasteiger partial charge in [-0.15, -0.1) is 0 Å². The zero-order valence-electron chi connectivity index (χ0n) is 18.6. The molecule has 174 valence electrons. The number of likely N-dealkylation sites (tertiary alicyclic amines) is 1. The molecule has 8 heteroatoms. The Labute approximate surface area is 199 Å². The normalized spacial score (nSPS) is 20.7. The number of benzene rings is 2. The molecule has 32 heavy (non-hydrogen) atoms. The number of nitrogens with one attached hydrogen (secondary N) is 1. The highest BCUT2D eigenvalue weighted by Gasteiger charge is 2.48. The molecule has 0 spiro atoms. The van der Waals surface area contributed by atoms with Crippen molar-refractivity contribution in [3.63, 3.8) is 0 Å². The standard InChI is InChI=1S/C24H30Cl2N2O4/c1-23(2)15-28(11-9-24(23,31)16-5-7-17(25)8-6-16)10-4-12-32-21-14-20(29)19(26)13-18(21)22(30)27-3/h5-8,13-14,29,31H,4,9-12,15H2,1-3H3,(H,27,30). The molecule has 1 atom stereocenters. The maximum atomic E-state index is 12.1. The molecule has 3 rings (SSSR count). The van der Waals surface area contributed by atoms with Crippen LogP contribution in [0.15, 0.2) is 36.4 Å². The Morgan fingerprint density at radius 3 is 2.53 bits per heavy atom. The molecular weight excluding hydrogens is 451 g/mol. The highest BCUT2D eigenvalue weighted by atomic mass is 35.5. The molecule has 1 fully saturated rings. The van der Waals surface area contributed by atoms with Gasteiger partial charge in [0.25, 0.3) is 5.91 Å². The maximum absolute atomic E-state index is 12.1. The Morgan fingerprint density at radius 1 is 1.22 bits per heavy atom. The van der Waals surface area contributed by atoms with E-state index in [1.54, 1.807) is 0 Å². The van der Waals surface area contributed by atoms with Crippen LogP contribution in [0.5, 0.6) is 11.5 Å². The minimum Gasteiger partial charge on any atom is -0.506 e. The molecule has 2 aromatic rings. The molecule has 6 nitrogen and oxygen atoms in total. The summed E-state index contributed by atoms with van der Waals surface area (Å²) < 4.78 is 5.79. The minimum atomic E-state index is -0.923. The summed E-state index contributed by atoms with van der Waals surface area (Å²) in [4.78, 5) is 14.4. The zero-order valence-corrected chi connectivity index (χ0v) is 20.1. The van der Waals surface area contributed by atoms with E-state index in [4.69, 9.17) is 27.9 Å². The first-order valence-corrected chi connectivity index (χ1v) is 11.4. The van der Waals surface area contributed by atoms with Gasteiger partial charge in [-0.2, -0.15) is 0 Å². The number of phenolic OH excluding ortho intramolecular Hbond substituents is 1. The lowest BCUT2D eigenvalue weighted by Gasteiger charge is -2.50. The van der Waals surface area contributed by atoms with Crippen molar-refractivity contribution in [3.8, 4) is 11.5 Å². The first kappa shape index (κ1) is 24.6. The molecule has 1 saturated heterocycles. The van der Waals surface area contributed by atoms with Crippen molar-refractivity contribution in [1.82, 2.24) is 10.2 Å². The zero-order chi connectivity index (χ0) is 23.5. The number of carbonyl (C=O) groups is 1. The predicted octanol–water partition coefficient (Wildman–Crippen LogP) is 4.45. The first-order valence-electron chi connectivity index (χ1n) is 10.7. The Hall–Kier alpha value is -1.99. The van der Waals surface area contributed by atoms with Gasteiger partial charge in [0, 0.05) is 43.2 Å². The number of halogens is 2.